The van der Waals surface area contributed by atoms with Gasteiger partial charge in [0, 0.05) is 51.3 Å². The summed E-state index contributed by atoms with van der Waals surface area (Å²) >= 11 is 0. The highest BCUT2D eigenvalue weighted by Crippen LogP contribution is 2.30. The smallest absolute Gasteiger partial charge is 0.293 e. The minimum Gasteiger partial charge on any atom is -0.362 e. The Morgan fingerprint density at radius 1 is 1.07 bits per heavy atom. The molecule has 1 aliphatic heterocycles. The second-order valence-electron chi connectivity index (χ2n) is 6.62. The predicted molar refractivity (Wildman–Crippen MR) is 105 cm³/mol. The van der Waals surface area contributed by atoms with Crippen molar-refractivity contribution in [3.05, 3.63) is 69.8 Å². The van der Waals surface area contributed by atoms with Crippen LogP contribution in [0.15, 0.2) is 48.5 Å². The van der Waals surface area contributed by atoms with Crippen molar-refractivity contribution in [3.63, 3.8) is 0 Å². The molecule has 0 bridgehead atoms. The number of carbonyl (C=O) groups is 2. The molecule has 0 saturated carbocycles. The Labute approximate surface area is 162 Å². The number of nitrogens with zero attached hydrogens (tertiary/aromatic N) is 3. The average molecular weight is 382 g/mol. The molecule has 2 amide bonds. The van der Waals surface area contributed by atoms with Crippen LogP contribution >= 0.6 is 0 Å². The van der Waals surface area contributed by atoms with E-state index >= 15 is 0 Å². The molecule has 0 unspecified atom stereocenters. The molecule has 1 aliphatic rings. The first-order valence-corrected chi connectivity index (χ1v) is 9.06. The number of anilines is 1. The predicted octanol–water partition coefficient (Wildman–Crippen LogP) is 2.19. The monoisotopic (exact) mass is 382 g/mol. The fraction of sp³-hybridized carbons (Fsp3) is 0.300. The molecule has 1 heterocycles. The van der Waals surface area contributed by atoms with Gasteiger partial charge in [0.1, 0.15) is 5.69 Å². The highest BCUT2D eigenvalue weighted by atomic mass is 16.6. The molecule has 2 aromatic carbocycles. The van der Waals surface area contributed by atoms with Gasteiger partial charge in [-0.15, -0.1) is 0 Å². The minimum atomic E-state index is -0.472. The molecule has 0 radical (unpaired) electrons. The molecule has 0 aliphatic carbocycles. The number of benzene rings is 2. The Hall–Kier alpha value is -3.42. The van der Waals surface area contributed by atoms with Crippen molar-refractivity contribution < 1.29 is 14.5 Å². The molecule has 8 heteroatoms. The van der Waals surface area contributed by atoms with Crippen LogP contribution in [0.4, 0.5) is 11.4 Å². The quantitative estimate of drug-likeness (QED) is 0.632. The Balaban J connectivity index is 1.73. The number of piperazine rings is 1. The summed E-state index contributed by atoms with van der Waals surface area (Å²) < 4.78 is 0. The van der Waals surface area contributed by atoms with E-state index in [-0.39, 0.29) is 23.1 Å². The lowest BCUT2D eigenvalue weighted by atomic mass is 10.1. The van der Waals surface area contributed by atoms with Crippen LogP contribution in [0, 0.1) is 10.1 Å². The molecule has 1 N–H and O–H groups in total. The fourth-order valence-electron chi connectivity index (χ4n) is 3.22. The van der Waals surface area contributed by atoms with Crippen LogP contribution < -0.4 is 10.2 Å². The van der Waals surface area contributed by atoms with Gasteiger partial charge in [0.05, 0.1) is 4.92 Å². The van der Waals surface area contributed by atoms with Gasteiger partial charge in [-0.25, -0.2) is 0 Å². The van der Waals surface area contributed by atoms with E-state index in [2.05, 4.69) is 5.32 Å². The number of hydrogen-bond acceptors (Lipinski definition) is 5. The molecule has 0 aromatic heterocycles. The number of nitro benzene ring substituents is 1. The van der Waals surface area contributed by atoms with Crippen molar-refractivity contribution in [1.29, 1.82) is 0 Å². The Morgan fingerprint density at radius 2 is 1.75 bits per heavy atom. The largest absolute Gasteiger partial charge is 0.362 e. The van der Waals surface area contributed by atoms with E-state index < -0.39 is 4.92 Å². The molecule has 0 atom stereocenters. The van der Waals surface area contributed by atoms with Gasteiger partial charge in [-0.1, -0.05) is 30.3 Å². The van der Waals surface area contributed by atoms with Crippen LogP contribution in [0.25, 0.3) is 0 Å². The lowest BCUT2D eigenvalue weighted by Gasteiger charge is -2.35. The van der Waals surface area contributed by atoms with Gasteiger partial charge in [-0.05, 0) is 17.7 Å². The summed E-state index contributed by atoms with van der Waals surface area (Å²) in [5.74, 6) is -0.362. The molecule has 1 saturated heterocycles. The van der Waals surface area contributed by atoms with Gasteiger partial charge in [-0.3, -0.25) is 19.7 Å². The number of amides is 2. The molecule has 2 aromatic rings. The third-order valence-electron chi connectivity index (χ3n) is 4.80. The highest BCUT2D eigenvalue weighted by Gasteiger charge is 2.25. The van der Waals surface area contributed by atoms with Gasteiger partial charge >= 0.3 is 0 Å². The number of rotatable bonds is 5. The van der Waals surface area contributed by atoms with Crippen molar-refractivity contribution in [2.75, 3.05) is 31.1 Å². The van der Waals surface area contributed by atoms with E-state index in [1.54, 1.807) is 17.0 Å². The molecule has 28 heavy (non-hydrogen) atoms. The van der Waals surface area contributed by atoms with E-state index in [0.29, 0.717) is 38.4 Å². The summed E-state index contributed by atoms with van der Waals surface area (Å²) in [5.41, 5.74) is 1.55. The Kier molecular flexibility index (Phi) is 5.88. The maximum absolute atomic E-state index is 12.4. The van der Waals surface area contributed by atoms with Crippen molar-refractivity contribution in [2.45, 2.75) is 13.5 Å². The third-order valence-corrected chi connectivity index (χ3v) is 4.80. The summed E-state index contributed by atoms with van der Waals surface area (Å²) in [6.45, 7) is 3.93. The van der Waals surface area contributed by atoms with Gasteiger partial charge in [0.25, 0.3) is 11.6 Å². The van der Waals surface area contributed by atoms with Crippen LogP contribution in [0.3, 0.4) is 0 Å². The van der Waals surface area contributed by atoms with E-state index in [9.17, 15) is 19.7 Å². The molecular weight excluding hydrogens is 360 g/mol. The second kappa shape index (κ2) is 8.51. The molecule has 8 nitrogen and oxygen atoms in total. The first kappa shape index (κ1) is 19.3. The molecule has 3 rings (SSSR count). The van der Waals surface area contributed by atoms with E-state index in [4.69, 9.17) is 0 Å². The van der Waals surface area contributed by atoms with Gasteiger partial charge in [0.2, 0.25) is 5.91 Å². The van der Waals surface area contributed by atoms with Crippen LogP contribution in [-0.4, -0.2) is 47.8 Å². The summed E-state index contributed by atoms with van der Waals surface area (Å²) in [6, 6.07) is 14.0. The highest BCUT2D eigenvalue weighted by molar-refractivity contribution is 5.95. The van der Waals surface area contributed by atoms with Gasteiger partial charge in [0.15, 0.2) is 0 Å². The van der Waals surface area contributed by atoms with Crippen molar-refractivity contribution in [1.82, 2.24) is 10.2 Å². The SMILES string of the molecule is CC(=O)N1CCN(c2ccc(C(=O)NCc3ccccc3)cc2[N+](=O)[O-])CC1. The van der Waals surface area contributed by atoms with Crippen molar-refractivity contribution in [2.24, 2.45) is 0 Å². The van der Waals surface area contributed by atoms with E-state index in [1.165, 1.54) is 13.0 Å². The summed E-state index contributed by atoms with van der Waals surface area (Å²) in [5, 5.41) is 14.4. The van der Waals surface area contributed by atoms with Crippen LogP contribution in [0.2, 0.25) is 0 Å². The standard InChI is InChI=1S/C20H22N4O4/c1-15(25)22-9-11-23(12-10-22)18-8-7-17(13-19(18)24(27)28)20(26)21-14-16-5-3-2-4-6-16/h2-8,13H,9-12,14H2,1H3,(H,21,26). The lowest BCUT2D eigenvalue weighted by Crippen LogP contribution is -2.48. The molecular formula is C20H22N4O4. The van der Waals surface area contributed by atoms with E-state index in [1.807, 2.05) is 35.2 Å². The Bertz CT molecular complexity index is 877. The number of nitro groups is 1. The van der Waals surface area contributed by atoms with Crippen molar-refractivity contribution >= 4 is 23.2 Å². The zero-order chi connectivity index (χ0) is 20.1. The molecule has 146 valence electrons. The zero-order valence-corrected chi connectivity index (χ0v) is 15.6. The summed E-state index contributed by atoms with van der Waals surface area (Å²) in [6.07, 6.45) is 0. The van der Waals surface area contributed by atoms with Crippen molar-refractivity contribution in [3.8, 4) is 0 Å². The number of hydrogen-bond donors (Lipinski definition) is 1. The first-order chi connectivity index (χ1) is 13.5. The lowest BCUT2D eigenvalue weighted by molar-refractivity contribution is -0.384. The normalized spacial score (nSPS) is 13.9. The zero-order valence-electron chi connectivity index (χ0n) is 15.6. The van der Waals surface area contributed by atoms with Crippen LogP contribution in [0.5, 0.6) is 0 Å². The fourth-order valence-corrected chi connectivity index (χ4v) is 3.22. The molecule has 0 spiro atoms. The van der Waals surface area contributed by atoms with Crippen LogP contribution in [0.1, 0.15) is 22.8 Å². The second-order valence-corrected chi connectivity index (χ2v) is 6.62. The molecule has 1 fully saturated rings. The van der Waals surface area contributed by atoms with E-state index in [0.717, 1.165) is 5.56 Å². The topological polar surface area (TPSA) is 95.8 Å². The maximum atomic E-state index is 12.4. The van der Waals surface area contributed by atoms with Gasteiger partial charge in [-0.2, -0.15) is 0 Å². The number of carbonyl (C=O) groups excluding carboxylic acids is 2. The summed E-state index contributed by atoms with van der Waals surface area (Å²) in [4.78, 5) is 38.6. The third kappa shape index (κ3) is 4.46. The van der Waals surface area contributed by atoms with Crippen LogP contribution in [-0.2, 0) is 11.3 Å². The Morgan fingerprint density at radius 3 is 2.36 bits per heavy atom. The summed E-state index contributed by atoms with van der Waals surface area (Å²) in [7, 11) is 0. The average Bonchev–Trinajstić information content (AvgIpc) is 2.72. The first-order valence-electron chi connectivity index (χ1n) is 9.06. The number of nitrogens with one attached hydrogen (secondary N) is 1. The van der Waals surface area contributed by atoms with Gasteiger partial charge < -0.3 is 15.1 Å². The maximum Gasteiger partial charge on any atom is 0.293 e. The minimum absolute atomic E-state index is 0.000384.